The van der Waals surface area contributed by atoms with Crippen molar-refractivity contribution in [2.75, 3.05) is 7.11 Å². The van der Waals surface area contributed by atoms with Crippen molar-refractivity contribution in [3.63, 3.8) is 0 Å². The zero-order valence-electron chi connectivity index (χ0n) is 6.89. The summed E-state index contributed by atoms with van der Waals surface area (Å²) in [6.07, 6.45) is 0.962. The number of rotatable bonds is 3. The van der Waals surface area contributed by atoms with Crippen LogP contribution in [-0.2, 0) is 9.53 Å². The minimum absolute atomic E-state index is 0.213. The maximum atomic E-state index is 10.8. The maximum absolute atomic E-state index is 10.8. The summed E-state index contributed by atoms with van der Waals surface area (Å²) in [5.41, 5.74) is 3.70. The summed E-state index contributed by atoms with van der Waals surface area (Å²) in [4.78, 5) is 10.8. The van der Waals surface area contributed by atoms with E-state index >= 15 is 0 Å². The van der Waals surface area contributed by atoms with Gasteiger partial charge >= 0.3 is 5.97 Å². The minimum Gasteiger partial charge on any atom is -0.465 e. The lowest BCUT2D eigenvalue weighted by Gasteiger charge is -2.11. The third-order valence-electron chi connectivity index (χ3n) is 1.83. The number of hydrogen-bond acceptors (Lipinski definition) is 2. The largest absolute Gasteiger partial charge is 0.465 e. The predicted molar refractivity (Wildman–Crippen MR) is 38.1 cm³/mol. The van der Waals surface area contributed by atoms with Crippen LogP contribution in [0.15, 0.2) is 0 Å². The van der Waals surface area contributed by atoms with Gasteiger partial charge in [-0.05, 0) is 6.42 Å². The van der Waals surface area contributed by atoms with E-state index in [4.69, 9.17) is 0 Å². The second kappa shape index (κ2) is 4.28. The zero-order chi connectivity index (χ0) is 8.15. The van der Waals surface area contributed by atoms with Gasteiger partial charge in [-0.3, -0.25) is 0 Å². The molecule has 0 aliphatic heterocycles. The SMILES string of the molecule is CC[C@@H](C)[C@H]([NH3+])C(=O)OC. The molecule has 2 atom stereocenters. The average molecular weight is 146 g/mol. The quantitative estimate of drug-likeness (QED) is 0.561. The van der Waals surface area contributed by atoms with Crippen LogP contribution >= 0.6 is 0 Å². The van der Waals surface area contributed by atoms with Gasteiger partial charge in [0.15, 0.2) is 6.04 Å². The molecule has 0 aromatic heterocycles. The highest BCUT2D eigenvalue weighted by Crippen LogP contribution is 2.04. The van der Waals surface area contributed by atoms with Crippen molar-refractivity contribution in [3.8, 4) is 0 Å². The minimum atomic E-state index is -0.214. The van der Waals surface area contributed by atoms with Crippen LogP contribution in [0, 0.1) is 5.92 Å². The summed E-state index contributed by atoms with van der Waals surface area (Å²) in [5, 5.41) is 0. The summed E-state index contributed by atoms with van der Waals surface area (Å²) in [5.74, 6) is 0.0989. The van der Waals surface area contributed by atoms with E-state index in [-0.39, 0.29) is 12.0 Å². The Balaban J connectivity index is 3.81. The molecule has 0 bridgehead atoms. The lowest BCUT2D eigenvalue weighted by Crippen LogP contribution is -2.68. The van der Waals surface area contributed by atoms with Gasteiger partial charge in [0.25, 0.3) is 0 Å². The van der Waals surface area contributed by atoms with E-state index in [9.17, 15) is 4.79 Å². The number of esters is 1. The first-order valence-corrected chi connectivity index (χ1v) is 3.54. The zero-order valence-corrected chi connectivity index (χ0v) is 6.89. The summed E-state index contributed by atoms with van der Waals surface area (Å²) >= 11 is 0. The van der Waals surface area contributed by atoms with E-state index in [0.717, 1.165) is 6.42 Å². The van der Waals surface area contributed by atoms with E-state index in [1.165, 1.54) is 7.11 Å². The molecular formula is C7H16NO2+. The molecule has 0 rings (SSSR count). The topological polar surface area (TPSA) is 53.9 Å². The number of hydrogen-bond donors (Lipinski definition) is 1. The maximum Gasteiger partial charge on any atom is 0.364 e. The van der Waals surface area contributed by atoms with Crippen molar-refractivity contribution in [1.29, 1.82) is 0 Å². The van der Waals surface area contributed by atoms with Gasteiger partial charge in [-0.2, -0.15) is 0 Å². The standard InChI is InChI=1S/C7H15NO2/c1-4-5(2)6(8)7(9)10-3/h5-6H,4,8H2,1-3H3/p+1/t5-,6+/m1/s1. The van der Waals surface area contributed by atoms with Crippen molar-refractivity contribution >= 4 is 5.97 Å². The molecule has 0 aromatic carbocycles. The van der Waals surface area contributed by atoms with Gasteiger partial charge in [-0.25, -0.2) is 4.79 Å². The molecule has 0 unspecified atom stereocenters. The summed E-state index contributed by atoms with van der Waals surface area (Å²) in [6, 6.07) is -0.213. The molecular weight excluding hydrogens is 130 g/mol. The number of ether oxygens (including phenoxy) is 1. The smallest absolute Gasteiger partial charge is 0.364 e. The molecule has 3 heteroatoms. The van der Waals surface area contributed by atoms with Crippen molar-refractivity contribution in [1.82, 2.24) is 0 Å². The average Bonchev–Trinajstić information content (AvgIpc) is 2.00. The van der Waals surface area contributed by atoms with Crippen molar-refractivity contribution < 1.29 is 15.3 Å². The molecule has 0 aromatic rings. The van der Waals surface area contributed by atoms with Gasteiger partial charge in [0.1, 0.15) is 0 Å². The third-order valence-corrected chi connectivity index (χ3v) is 1.83. The van der Waals surface area contributed by atoms with Crippen molar-refractivity contribution in [2.45, 2.75) is 26.3 Å². The molecule has 0 heterocycles. The van der Waals surface area contributed by atoms with Gasteiger partial charge in [0, 0.05) is 5.92 Å². The Kier molecular flexibility index (Phi) is 4.03. The van der Waals surface area contributed by atoms with Crippen LogP contribution < -0.4 is 5.73 Å². The summed E-state index contributed by atoms with van der Waals surface area (Å²) in [7, 11) is 1.39. The molecule has 3 N–H and O–H groups in total. The first-order valence-electron chi connectivity index (χ1n) is 3.54. The molecule has 0 aliphatic carbocycles. The van der Waals surface area contributed by atoms with E-state index in [1.54, 1.807) is 0 Å². The van der Waals surface area contributed by atoms with Crippen LogP contribution in [0.25, 0.3) is 0 Å². The molecule has 0 amide bonds. The van der Waals surface area contributed by atoms with Crippen LogP contribution in [-0.4, -0.2) is 19.1 Å². The van der Waals surface area contributed by atoms with Crippen LogP contribution in [0.4, 0.5) is 0 Å². The second-order valence-corrected chi connectivity index (χ2v) is 2.52. The summed E-state index contributed by atoms with van der Waals surface area (Å²) in [6.45, 7) is 4.03. The summed E-state index contributed by atoms with van der Waals surface area (Å²) < 4.78 is 4.53. The Hall–Kier alpha value is -0.570. The van der Waals surface area contributed by atoms with Crippen LogP contribution in [0.2, 0.25) is 0 Å². The van der Waals surface area contributed by atoms with Gasteiger partial charge in [-0.15, -0.1) is 0 Å². The van der Waals surface area contributed by atoms with Gasteiger partial charge < -0.3 is 10.5 Å². The Morgan fingerprint density at radius 1 is 1.70 bits per heavy atom. The Labute approximate surface area is 61.5 Å². The van der Waals surface area contributed by atoms with Crippen LogP contribution in [0.3, 0.4) is 0 Å². The van der Waals surface area contributed by atoms with Crippen LogP contribution in [0.1, 0.15) is 20.3 Å². The Morgan fingerprint density at radius 3 is 2.50 bits per heavy atom. The molecule has 3 nitrogen and oxygen atoms in total. The number of carbonyl (C=O) groups is 1. The fourth-order valence-corrected chi connectivity index (χ4v) is 0.668. The molecule has 0 spiro atoms. The first-order chi connectivity index (χ1) is 4.63. The number of carbonyl (C=O) groups excluding carboxylic acids is 1. The number of quaternary nitrogens is 1. The van der Waals surface area contributed by atoms with Crippen molar-refractivity contribution in [2.24, 2.45) is 5.92 Å². The number of methoxy groups -OCH3 is 1. The lowest BCUT2D eigenvalue weighted by molar-refractivity contribution is -0.419. The fraction of sp³-hybridized carbons (Fsp3) is 0.857. The second-order valence-electron chi connectivity index (χ2n) is 2.52. The highest BCUT2D eigenvalue weighted by Gasteiger charge is 2.23. The molecule has 0 radical (unpaired) electrons. The van der Waals surface area contributed by atoms with Gasteiger partial charge in [0.2, 0.25) is 0 Å². The Bertz CT molecular complexity index is 114. The highest BCUT2D eigenvalue weighted by molar-refractivity contribution is 5.74. The fourth-order valence-electron chi connectivity index (χ4n) is 0.668. The first kappa shape index (κ1) is 9.43. The monoisotopic (exact) mass is 146 g/mol. The van der Waals surface area contributed by atoms with Gasteiger partial charge in [-0.1, -0.05) is 13.8 Å². The van der Waals surface area contributed by atoms with E-state index < -0.39 is 0 Å². The lowest BCUT2D eigenvalue weighted by atomic mass is 10.0. The van der Waals surface area contributed by atoms with Gasteiger partial charge in [0.05, 0.1) is 7.11 Å². The van der Waals surface area contributed by atoms with E-state index in [1.807, 2.05) is 13.8 Å². The van der Waals surface area contributed by atoms with E-state index in [0.29, 0.717) is 5.92 Å². The molecule has 0 fully saturated rings. The highest BCUT2D eigenvalue weighted by atomic mass is 16.5. The molecule has 0 saturated heterocycles. The third kappa shape index (κ3) is 2.35. The van der Waals surface area contributed by atoms with Crippen molar-refractivity contribution in [3.05, 3.63) is 0 Å². The molecule has 0 saturated carbocycles. The van der Waals surface area contributed by atoms with E-state index in [2.05, 4.69) is 10.5 Å². The normalized spacial score (nSPS) is 16.0. The Morgan fingerprint density at radius 2 is 2.20 bits per heavy atom. The molecule has 60 valence electrons. The molecule has 10 heavy (non-hydrogen) atoms. The predicted octanol–water partition coefficient (Wildman–Crippen LogP) is -0.184. The van der Waals surface area contributed by atoms with Crippen LogP contribution in [0.5, 0.6) is 0 Å². The molecule has 0 aliphatic rings.